The van der Waals surface area contributed by atoms with Crippen LogP contribution in [0.5, 0.6) is 0 Å². The molecule has 0 radical (unpaired) electrons. The van der Waals surface area contributed by atoms with Crippen molar-refractivity contribution in [1.29, 1.82) is 0 Å². The number of aliphatic hydroxyl groups is 1. The zero-order chi connectivity index (χ0) is 13.1. The summed E-state index contributed by atoms with van der Waals surface area (Å²) in [5.41, 5.74) is 0. The van der Waals surface area contributed by atoms with E-state index in [1.54, 1.807) is 4.90 Å². The maximum absolute atomic E-state index is 12.0. The molecule has 0 bridgehead atoms. The van der Waals surface area contributed by atoms with E-state index in [0.717, 1.165) is 12.8 Å². The van der Waals surface area contributed by atoms with E-state index >= 15 is 0 Å². The number of nitrogens with one attached hydrogen (secondary N) is 1. The number of rotatable bonds is 4. The highest BCUT2D eigenvalue weighted by Gasteiger charge is 2.38. The highest BCUT2D eigenvalue weighted by molar-refractivity contribution is 5.81. The fourth-order valence-corrected chi connectivity index (χ4v) is 1.70. The summed E-state index contributed by atoms with van der Waals surface area (Å²) >= 11 is 0. The average molecular weight is 254 g/mol. The van der Waals surface area contributed by atoms with E-state index in [2.05, 4.69) is 5.32 Å². The maximum Gasteiger partial charge on any atom is 0.415 e. The minimum Gasteiger partial charge on any atom is -0.382 e. The number of amides is 1. The van der Waals surface area contributed by atoms with Gasteiger partial charge in [-0.15, -0.1) is 0 Å². The molecule has 0 aromatic carbocycles. The molecule has 1 saturated heterocycles. The second-order valence-electron chi connectivity index (χ2n) is 4.22. The van der Waals surface area contributed by atoms with Crippen LogP contribution in [0.3, 0.4) is 0 Å². The number of aliphatic hydroxyl groups excluding tert-OH is 1. The predicted molar refractivity (Wildman–Crippen MR) is 55.3 cm³/mol. The lowest BCUT2D eigenvalue weighted by atomic mass is 10.2. The number of likely N-dealkylation sites (tertiary alicyclic amines) is 1. The van der Waals surface area contributed by atoms with E-state index in [1.807, 2.05) is 0 Å². The van der Waals surface area contributed by atoms with Gasteiger partial charge in [0.2, 0.25) is 5.91 Å². The van der Waals surface area contributed by atoms with Crippen molar-refractivity contribution in [3.63, 3.8) is 0 Å². The Kier molecular flexibility index (Phi) is 4.76. The van der Waals surface area contributed by atoms with Crippen LogP contribution in [0.4, 0.5) is 13.2 Å². The van der Waals surface area contributed by atoms with E-state index in [0.29, 0.717) is 13.1 Å². The zero-order valence-electron chi connectivity index (χ0n) is 9.63. The average Bonchev–Trinajstić information content (AvgIpc) is 2.76. The van der Waals surface area contributed by atoms with Crippen molar-refractivity contribution < 1.29 is 23.1 Å². The molecule has 0 spiro atoms. The molecule has 1 amide bonds. The molecule has 4 nitrogen and oxygen atoms in total. The van der Waals surface area contributed by atoms with E-state index in [1.165, 1.54) is 6.92 Å². The Morgan fingerprint density at radius 1 is 1.41 bits per heavy atom. The molecule has 1 aliphatic heterocycles. The third-order valence-electron chi connectivity index (χ3n) is 2.78. The van der Waals surface area contributed by atoms with Crippen LogP contribution in [0.2, 0.25) is 0 Å². The summed E-state index contributed by atoms with van der Waals surface area (Å²) in [5.74, 6) is -0.211. The molecule has 2 unspecified atom stereocenters. The van der Waals surface area contributed by atoms with Gasteiger partial charge in [0.1, 0.15) is 0 Å². The van der Waals surface area contributed by atoms with Gasteiger partial charge in [0, 0.05) is 19.6 Å². The number of carbonyl (C=O) groups excluding carboxylic acids is 1. The van der Waals surface area contributed by atoms with E-state index in [9.17, 15) is 18.0 Å². The van der Waals surface area contributed by atoms with E-state index < -0.39 is 24.9 Å². The zero-order valence-corrected chi connectivity index (χ0v) is 9.63. The van der Waals surface area contributed by atoms with Gasteiger partial charge in [0.25, 0.3) is 0 Å². The Labute approximate surface area is 97.8 Å². The minimum absolute atomic E-state index is 0.211. The van der Waals surface area contributed by atoms with Crippen molar-refractivity contribution in [3.05, 3.63) is 0 Å². The highest BCUT2D eigenvalue weighted by Crippen LogP contribution is 2.19. The first-order valence-corrected chi connectivity index (χ1v) is 5.59. The summed E-state index contributed by atoms with van der Waals surface area (Å²) in [4.78, 5) is 13.3. The number of carbonyl (C=O) groups is 1. The largest absolute Gasteiger partial charge is 0.415 e. The van der Waals surface area contributed by atoms with Crippen molar-refractivity contribution in [3.8, 4) is 0 Å². The lowest BCUT2D eigenvalue weighted by molar-refractivity contribution is -0.202. The summed E-state index contributed by atoms with van der Waals surface area (Å²) in [5, 5.41) is 11.2. The molecule has 2 N–H and O–H groups in total. The Morgan fingerprint density at radius 3 is 2.41 bits per heavy atom. The molecule has 0 aromatic heterocycles. The third kappa shape index (κ3) is 4.16. The van der Waals surface area contributed by atoms with Crippen LogP contribution < -0.4 is 5.32 Å². The van der Waals surface area contributed by atoms with Gasteiger partial charge in [-0.1, -0.05) is 0 Å². The SMILES string of the molecule is CC(NCC(O)C(F)(F)F)C(=O)N1CCCC1. The highest BCUT2D eigenvalue weighted by atomic mass is 19.4. The molecule has 1 heterocycles. The van der Waals surface area contributed by atoms with Gasteiger partial charge in [0.05, 0.1) is 6.04 Å². The smallest absolute Gasteiger partial charge is 0.382 e. The van der Waals surface area contributed by atoms with Crippen LogP contribution in [0.1, 0.15) is 19.8 Å². The van der Waals surface area contributed by atoms with Crippen LogP contribution >= 0.6 is 0 Å². The Bertz CT molecular complexity index is 265. The van der Waals surface area contributed by atoms with Crippen molar-refractivity contribution in [2.75, 3.05) is 19.6 Å². The van der Waals surface area contributed by atoms with Crippen molar-refractivity contribution in [2.45, 2.75) is 38.1 Å². The molecular weight excluding hydrogens is 237 g/mol. The quantitative estimate of drug-likeness (QED) is 0.768. The summed E-state index contributed by atoms with van der Waals surface area (Å²) in [6.07, 6.45) is -5.22. The Morgan fingerprint density at radius 2 is 1.94 bits per heavy atom. The number of hydrogen-bond donors (Lipinski definition) is 2. The Hall–Kier alpha value is -0.820. The normalized spacial score (nSPS) is 20.4. The molecule has 1 fully saturated rings. The lowest BCUT2D eigenvalue weighted by Gasteiger charge is -2.23. The molecular formula is C10H17F3N2O2. The molecule has 1 rings (SSSR count). The van der Waals surface area contributed by atoms with Crippen molar-refractivity contribution in [1.82, 2.24) is 10.2 Å². The first-order valence-electron chi connectivity index (χ1n) is 5.59. The molecule has 0 aliphatic carbocycles. The standard InChI is InChI=1S/C10H17F3N2O2/c1-7(9(17)15-4-2-3-5-15)14-6-8(16)10(11,12)13/h7-8,14,16H,2-6H2,1H3. The predicted octanol–water partition coefficient (Wildman–Crippen LogP) is 0.510. The van der Waals surface area contributed by atoms with Crippen LogP contribution in [-0.2, 0) is 4.79 Å². The van der Waals surface area contributed by atoms with Gasteiger partial charge in [-0.2, -0.15) is 13.2 Å². The second-order valence-corrected chi connectivity index (χ2v) is 4.22. The van der Waals surface area contributed by atoms with Crippen LogP contribution in [0.15, 0.2) is 0 Å². The minimum atomic E-state index is -4.65. The van der Waals surface area contributed by atoms with Crippen molar-refractivity contribution in [2.24, 2.45) is 0 Å². The molecule has 2 atom stereocenters. The first kappa shape index (κ1) is 14.2. The van der Waals surface area contributed by atoms with Gasteiger partial charge in [-0.05, 0) is 19.8 Å². The fourth-order valence-electron chi connectivity index (χ4n) is 1.70. The number of halogens is 3. The lowest BCUT2D eigenvalue weighted by Crippen LogP contribution is -2.48. The molecule has 0 saturated carbocycles. The monoisotopic (exact) mass is 254 g/mol. The fraction of sp³-hybridized carbons (Fsp3) is 0.900. The summed E-state index contributed by atoms with van der Waals surface area (Å²) in [6, 6.07) is -0.704. The number of nitrogens with zero attached hydrogens (tertiary/aromatic N) is 1. The molecule has 17 heavy (non-hydrogen) atoms. The summed E-state index contributed by atoms with van der Waals surface area (Å²) < 4.78 is 36.0. The van der Waals surface area contributed by atoms with Gasteiger partial charge in [-0.3, -0.25) is 4.79 Å². The van der Waals surface area contributed by atoms with Gasteiger partial charge in [-0.25, -0.2) is 0 Å². The first-order chi connectivity index (χ1) is 7.82. The second kappa shape index (κ2) is 5.68. The Balaban J connectivity index is 2.33. The van der Waals surface area contributed by atoms with Crippen LogP contribution in [-0.4, -0.2) is 53.9 Å². The number of alkyl halides is 3. The van der Waals surface area contributed by atoms with E-state index in [-0.39, 0.29) is 5.91 Å². The summed E-state index contributed by atoms with van der Waals surface area (Å²) in [6.45, 7) is 2.16. The number of hydrogen-bond acceptors (Lipinski definition) is 3. The molecule has 100 valence electrons. The van der Waals surface area contributed by atoms with Gasteiger partial charge < -0.3 is 15.3 Å². The van der Waals surface area contributed by atoms with Gasteiger partial charge in [0.15, 0.2) is 6.10 Å². The molecule has 7 heteroatoms. The van der Waals surface area contributed by atoms with Crippen LogP contribution in [0, 0.1) is 0 Å². The summed E-state index contributed by atoms with van der Waals surface area (Å²) in [7, 11) is 0. The van der Waals surface area contributed by atoms with E-state index in [4.69, 9.17) is 5.11 Å². The third-order valence-corrected chi connectivity index (χ3v) is 2.78. The maximum atomic E-state index is 12.0. The van der Waals surface area contributed by atoms with Gasteiger partial charge >= 0.3 is 6.18 Å². The van der Waals surface area contributed by atoms with Crippen LogP contribution in [0.25, 0.3) is 0 Å². The van der Waals surface area contributed by atoms with Crippen molar-refractivity contribution >= 4 is 5.91 Å². The molecule has 1 aliphatic rings. The molecule has 0 aromatic rings. The topological polar surface area (TPSA) is 52.6 Å².